The minimum Gasteiger partial charge on any atom is -0.385 e. The van der Waals surface area contributed by atoms with Crippen LogP contribution in [0.3, 0.4) is 0 Å². The molecule has 2 aliphatic rings. The molecule has 0 saturated carbocycles. The van der Waals surface area contributed by atoms with Crippen molar-refractivity contribution in [2.24, 2.45) is 0 Å². The summed E-state index contributed by atoms with van der Waals surface area (Å²) < 4.78 is 27.7. The topological polar surface area (TPSA) is 49.4 Å². The predicted octanol–water partition coefficient (Wildman–Crippen LogP) is 3.00. The molecule has 1 aromatic rings. The van der Waals surface area contributed by atoms with Gasteiger partial charge in [-0.05, 0) is 57.2 Å². The summed E-state index contributed by atoms with van der Waals surface area (Å²) in [4.78, 5) is 0.427. The maximum Gasteiger partial charge on any atom is 0.243 e. The van der Waals surface area contributed by atoms with E-state index >= 15 is 0 Å². The molecule has 0 amide bonds. The van der Waals surface area contributed by atoms with Crippen molar-refractivity contribution in [1.82, 2.24) is 4.31 Å². The monoisotopic (exact) mass is 308 g/mol. The summed E-state index contributed by atoms with van der Waals surface area (Å²) in [5.41, 5.74) is 2.21. The third-order valence-corrected chi connectivity index (χ3v) is 6.83. The van der Waals surface area contributed by atoms with Crippen LogP contribution in [-0.4, -0.2) is 31.4 Å². The van der Waals surface area contributed by atoms with Gasteiger partial charge in [-0.2, -0.15) is 4.31 Å². The SMILES string of the molecule is CC1CCCC(C)N1S(=O)(=O)c1ccc2c(c1)NCCC2. The predicted molar refractivity (Wildman–Crippen MR) is 85.1 cm³/mol. The normalized spacial score (nSPS) is 27.0. The van der Waals surface area contributed by atoms with Crippen molar-refractivity contribution in [2.45, 2.75) is 62.9 Å². The van der Waals surface area contributed by atoms with Crippen LogP contribution in [0.15, 0.2) is 23.1 Å². The maximum atomic E-state index is 13.0. The van der Waals surface area contributed by atoms with Gasteiger partial charge in [0.2, 0.25) is 10.0 Å². The number of nitrogens with one attached hydrogen (secondary N) is 1. The second-order valence-corrected chi connectivity index (χ2v) is 8.16. The van der Waals surface area contributed by atoms with Crippen LogP contribution in [0.25, 0.3) is 0 Å². The van der Waals surface area contributed by atoms with Gasteiger partial charge in [0.15, 0.2) is 0 Å². The van der Waals surface area contributed by atoms with Gasteiger partial charge in [0.05, 0.1) is 4.90 Å². The van der Waals surface area contributed by atoms with Gasteiger partial charge in [-0.1, -0.05) is 12.5 Å². The Hall–Kier alpha value is -1.07. The third kappa shape index (κ3) is 2.69. The van der Waals surface area contributed by atoms with E-state index in [4.69, 9.17) is 0 Å². The lowest BCUT2D eigenvalue weighted by Crippen LogP contribution is -2.47. The van der Waals surface area contributed by atoms with Gasteiger partial charge in [-0.25, -0.2) is 8.42 Å². The van der Waals surface area contributed by atoms with E-state index in [0.717, 1.165) is 44.3 Å². The van der Waals surface area contributed by atoms with Crippen LogP contribution in [0, 0.1) is 0 Å². The van der Waals surface area contributed by atoms with Crippen LogP contribution in [0.4, 0.5) is 5.69 Å². The van der Waals surface area contributed by atoms with Crippen molar-refractivity contribution >= 4 is 15.7 Å². The molecule has 5 heteroatoms. The molecule has 21 heavy (non-hydrogen) atoms. The van der Waals surface area contributed by atoms with Crippen molar-refractivity contribution in [1.29, 1.82) is 0 Å². The molecule has 1 aromatic carbocycles. The van der Waals surface area contributed by atoms with Crippen LogP contribution in [-0.2, 0) is 16.4 Å². The number of piperidine rings is 1. The summed E-state index contributed by atoms with van der Waals surface area (Å²) in [7, 11) is -3.40. The Bertz CT molecular complexity index is 617. The largest absolute Gasteiger partial charge is 0.385 e. The smallest absolute Gasteiger partial charge is 0.243 e. The quantitative estimate of drug-likeness (QED) is 0.913. The number of sulfonamides is 1. The minimum atomic E-state index is -3.40. The first kappa shape index (κ1) is 14.9. The average Bonchev–Trinajstić information content (AvgIpc) is 2.46. The van der Waals surface area contributed by atoms with Crippen molar-refractivity contribution < 1.29 is 8.42 Å². The second kappa shape index (κ2) is 5.61. The van der Waals surface area contributed by atoms with Crippen molar-refractivity contribution in [2.75, 3.05) is 11.9 Å². The Balaban J connectivity index is 1.97. The van der Waals surface area contributed by atoms with E-state index in [-0.39, 0.29) is 12.1 Å². The summed E-state index contributed by atoms with van der Waals surface area (Å²) in [6.07, 6.45) is 5.15. The molecule has 0 aromatic heterocycles. The highest BCUT2D eigenvalue weighted by Gasteiger charge is 2.35. The molecule has 1 N–H and O–H groups in total. The molecule has 3 rings (SSSR count). The lowest BCUT2D eigenvalue weighted by molar-refractivity contribution is 0.204. The number of nitrogens with zero attached hydrogens (tertiary/aromatic N) is 1. The summed E-state index contributed by atoms with van der Waals surface area (Å²) >= 11 is 0. The number of hydrogen-bond donors (Lipinski definition) is 1. The zero-order valence-corrected chi connectivity index (χ0v) is 13.6. The van der Waals surface area contributed by atoms with Crippen LogP contribution in [0.2, 0.25) is 0 Å². The zero-order valence-electron chi connectivity index (χ0n) is 12.8. The molecule has 116 valence electrons. The second-order valence-electron chi connectivity index (χ2n) is 6.31. The third-order valence-electron chi connectivity index (χ3n) is 4.71. The number of benzene rings is 1. The van der Waals surface area contributed by atoms with Gasteiger partial charge in [0.25, 0.3) is 0 Å². The van der Waals surface area contributed by atoms with Gasteiger partial charge in [-0.15, -0.1) is 0 Å². The van der Waals surface area contributed by atoms with Crippen molar-refractivity contribution in [3.05, 3.63) is 23.8 Å². The van der Waals surface area contributed by atoms with Crippen molar-refractivity contribution in [3.8, 4) is 0 Å². The lowest BCUT2D eigenvalue weighted by atomic mass is 10.0. The molecule has 2 atom stereocenters. The molecular weight excluding hydrogens is 284 g/mol. The number of fused-ring (bicyclic) bond motifs is 1. The van der Waals surface area contributed by atoms with E-state index in [1.54, 1.807) is 10.4 Å². The van der Waals surface area contributed by atoms with Crippen molar-refractivity contribution in [3.63, 3.8) is 0 Å². The maximum absolute atomic E-state index is 13.0. The highest BCUT2D eigenvalue weighted by atomic mass is 32.2. The van der Waals surface area contributed by atoms with E-state index in [0.29, 0.717) is 4.90 Å². The molecule has 2 aliphatic heterocycles. The van der Waals surface area contributed by atoms with E-state index < -0.39 is 10.0 Å². The van der Waals surface area contributed by atoms with E-state index in [2.05, 4.69) is 5.32 Å². The minimum absolute atomic E-state index is 0.0859. The molecule has 4 nitrogen and oxygen atoms in total. The van der Waals surface area contributed by atoms with Crippen LogP contribution in [0.1, 0.15) is 45.1 Å². The summed E-state index contributed by atoms with van der Waals surface area (Å²) in [6.45, 7) is 4.96. The van der Waals surface area contributed by atoms with E-state index in [1.165, 1.54) is 5.56 Å². The molecule has 1 fully saturated rings. The van der Waals surface area contributed by atoms with E-state index in [9.17, 15) is 8.42 Å². The number of anilines is 1. The highest BCUT2D eigenvalue weighted by molar-refractivity contribution is 7.89. The average molecular weight is 308 g/mol. The molecule has 2 unspecified atom stereocenters. The summed E-state index contributed by atoms with van der Waals surface area (Å²) in [6, 6.07) is 5.73. The van der Waals surface area contributed by atoms with E-state index in [1.807, 2.05) is 26.0 Å². The Morgan fingerprint density at radius 2 is 1.86 bits per heavy atom. The Labute approximate surface area is 127 Å². The lowest BCUT2D eigenvalue weighted by Gasteiger charge is -2.37. The van der Waals surface area contributed by atoms with Crippen LogP contribution in [0.5, 0.6) is 0 Å². The van der Waals surface area contributed by atoms with Gasteiger partial charge < -0.3 is 5.32 Å². The molecule has 0 aliphatic carbocycles. The molecular formula is C16H24N2O2S. The van der Waals surface area contributed by atoms with Gasteiger partial charge in [-0.3, -0.25) is 0 Å². The van der Waals surface area contributed by atoms with Gasteiger partial charge in [0.1, 0.15) is 0 Å². The van der Waals surface area contributed by atoms with Crippen LogP contribution >= 0.6 is 0 Å². The molecule has 0 radical (unpaired) electrons. The fourth-order valence-corrected chi connectivity index (χ4v) is 5.50. The standard InChI is InChI=1S/C16H24N2O2S/c1-12-5-3-6-13(2)18(12)21(19,20)15-9-8-14-7-4-10-17-16(14)11-15/h8-9,11-13,17H,3-7,10H2,1-2H3. The Kier molecular flexibility index (Phi) is 3.97. The van der Waals surface area contributed by atoms with Gasteiger partial charge >= 0.3 is 0 Å². The number of hydrogen-bond acceptors (Lipinski definition) is 3. The number of rotatable bonds is 2. The Morgan fingerprint density at radius 3 is 2.57 bits per heavy atom. The highest BCUT2D eigenvalue weighted by Crippen LogP contribution is 2.32. The summed E-state index contributed by atoms with van der Waals surface area (Å²) in [5, 5.41) is 3.32. The zero-order chi connectivity index (χ0) is 15.0. The molecule has 0 bridgehead atoms. The fraction of sp³-hybridized carbons (Fsp3) is 0.625. The van der Waals surface area contributed by atoms with Gasteiger partial charge in [0, 0.05) is 24.3 Å². The van der Waals surface area contributed by atoms with Crippen LogP contribution < -0.4 is 5.32 Å². The fourth-order valence-electron chi connectivity index (χ4n) is 3.59. The Morgan fingerprint density at radius 1 is 1.14 bits per heavy atom. The molecule has 2 heterocycles. The first-order chi connectivity index (χ1) is 10.00. The first-order valence-electron chi connectivity index (χ1n) is 7.90. The first-order valence-corrected chi connectivity index (χ1v) is 9.34. The number of aryl methyl sites for hydroxylation is 1. The molecule has 0 spiro atoms. The summed E-state index contributed by atoms with van der Waals surface area (Å²) in [5.74, 6) is 0. The molecule has 1 saturated heterocycles.